The number of benzene rings is 1. The molecule has 1 aliphatic heterocycles. The molecule has 142 valence electrons. The third kappa shape index (κ3) is 3.58. The molecule has 0 aliphatic carbocycles. The highest BCUT2D eigenvalue weighted by Gasteiger charge is 2.32. The van der Waals surface area contributed by atoms with Gasteiger partial charge in [-0.25, -0.2) is 14.1 Å². The first-order valence-corrected chi connectivity index (χ1v) is 8.44. The Morgan fingerprint density at radius 2 is 2.07 bits per heavy atom. The van der Waals surface area contributed by atoms with Gasteiger partial charge in [-0.05, 0) is 18.2 Å². The van der Waals surface area contributed by atoms with Crippen molar-refractivity contribution in [2.24, 2.45) is 7.05 Å². The average Bonchev–Trinajstić information content (AvgIpc) is 3.31. The van der Waals surface area contributed by atoms with Crippen LogP contribution < -0.4 is 5.32 Å². The van der Waals surface area contributed by atoms with Crippen LogP contribution in [0.4, 0.5) is 4.39 Å². The second kappa shape index (κ2) is 7.89. The van der Waals surface area contributed by atoms with Crippen LogP contribution in [0, 0.1) is 5.82 Å². The maximum atomic E-state index is 14.0. The molecule has 0 spiro atoms. The second-order valence-corrected chi connectivity index (χ2v) is 6.21. The summed E-state index contributed by atoms with van der Waals surface area (Å²) in [5.74, 6) is 0.247. The van der Waals surface area contributed by atoms with Crippen LogP contribution in [0.5, 0.6) is 0 Å². The Kier molecular flexibility index (Phi) is 5.57. The largest absolute Gasteiger partial charge is 0.336 e. The van der Waals surface area contributed by atoms with Crippen LogP contribution >= 0.6 is 12.4 Å². The van der Waals surface area contributed by atoms with Gasteiger partial charge in [-0.1, -0.05) is 12.1 Å². The van der Waals surface area contributed by atoms with Gasteiger partial charge in [0.1, 0.15) is 23.4 Å². The van der Waals surface area contributed by atoms with E-state index in [2.05, 4.69) is 15.4 Å². The molecule has 4 rings (SSSR count). The molecule has 27 heavy (non-hydrogen) atoms. The first kappa shape index (κ1) is 19.1. The number of amides is 1. The maximum Gasteiger partial charge on any atom is 0.275 e. The Morgan fingerprint density at radius 3 is 2.81 bits per heavy atom. The molecular formula is C18H20ClFN6O. The minimum absolute atomic E-state index is 0. The van der Waals surface area contributed by atoms with Crippen LogP contribution in [0.2, 0.25) is 0 Å². The second-order valence-electron chi connectivity index (χ2n) is 6.21. The van der Waals surface area contributed by atoms with Crippen molar-refractivity contribution in [3.63, 3.8) is 0 Å². The molecule has 0 saturated carbocycles. The van der Waals surface area contributed by atoms with E-state index in [1.54, 1.807) is 41.6 Å². The first-order valence-electron chi connectivity index (χ1n) is 8.44. The number of carbonyl (C=O) groups is 1. The van der Waals surface area contributed by atoms with Crippen LogP contribution in [0.25, 0.3) is 5.69 Å². The molecule has 0 radical (unpaired) electrons. The monoisotopic (exact) mass is 390 g/mol. The highest BCUT2D eigenvalue weighted by Crippen LogP contribution is 2.22. The standard InChI is InChI=1S/C18H19FN6O.ClH/c1-23-10-8-21-17(23)16-12-20-7-11-24(16)18(26)14-6-9-25(22-14)15-5-3-2-4-13(15)19;/h2-6,8-10,16,20H,7,11-12H2,1H3;1H. The lowest BCUT2D eigenvalue weighted by Crippen LogP contribution is -2.49. The van der Waals surface area contributed by atoms with E-state index in [4.69, 9.17) is 0 Å². The highest BCUT2D eigenvalue weighted by atomic mass is 35.5. The summed E-state index contributed by atoms with van der Waals surface area (Å²) in [5.41, 5.74) is 0.599. The summed E-state index contributed by atoms with van der Waals surface area (Å²) in [6.45, 7) is 1.90. The Bertz CT molecular complexity index is 939. The third-order valence-corrected chi connectivity index (χ3v) is 4.57. The number of imidazole rings is 1. The lowest BCUT2D eigenvalue weighted by atomic mass is 10.1. The molecule has 0 bridgehead atoms. The van der Waals surface area contributed by atoms with Gasteiger partial charge in [-0.15, -0.1) is 12.4 Å². The summed E-state index contributed by atoms with van der Waals surface area (Å²) in [6.07, 6.45) is 5.18. The van der Waals surface area contributed by atoms with Crippen LogP contribution in [-0.2, 0) is 7.05 Å². The minimum atomic E-state index is -0.386. The normalized spacial score (nSPS) is 16.8. The zero-order valence-corrected chi connectivity index (χ0v) is 15.6. The summed E-state index contributed by atoms with van der Waals surface area (Å²) in [7, 11) is 1.91. The molecule has 7 nitrogen and oxygen atoms in total. The maximum absolute atomic E-state index is 14.0. The topological polar surface area (TPSA) is 68.0 Å². The first-order chi connectivity index (χ1) is 12.6. The molecule has 3 aromatic rings. The van der Waals surface area contributed by atoms with Crippen molar-refractivity contribution in [3.05, 3.63) is 66.3 Å². The van der Waals surface area contributed by atoms with Gasteiger partial charge in [0, 0.05) is 45.3 Å². The summed E-state index contributed by atoms with van der Waals surface area (Å²) in [5, 5.41) is 7.60. The molecule has 1 aromatic carbocycles. The molecule has 1 atom stereocenters. The van der Waals surface area contributed by atoms with Gasteiger partial charge < -0.3 is 14.8 Å². The van der Waals surface area contributed by atoms with E-state index in [-0.39, 0.29) is 35.9 Å². The van der Waals surface area contributed by atoms with Crippen molar-refractivity contribution in [2.75, 3.05) is 19.6 Å². The number of nitrogens with one attached hydrogen (secondary N) is 1. The van der Waals surface area contributed by atoms with Crippen LogP contribution in [0.15, 0.2) is 48.9 Å². The Morgan fingerprint density at radius 1 is 1.26 bits per heavy atom. The lowest BCUT2D eigenvalue weighted by Gasteiger charge is -2.35. The van der Waals surface area contributed by atoms with Crippen molar-refractivity contribution < 1.29 is 9.18 Å². The van der Waals surface area contributed by atoms with Gasteiger partial charge in [-0.3, -0.25) is 4.79 Å². The predicted molar refractivity (Wildman–Crippen MR) is 101 cm³/mol. The fourth-order valence-corrected chi connectivity index (χ4v) is 3.23. The van der Waals surface area contributed by atoms with E-state index in [1.807, 2.05) is 17.8 Å². The van der Waals surface area contributed by atoms with Gasteiger partial charge >= 0.3 is 0 Å². The average molecular weight is 391 g/mol. The summed E-state index contributed by atoms with van der Waals surface area (Å²) >= 11 is 0. The number of hydrogen-bond donors (Lipinski definition) is 1. The van der Waals surface area contributed by atoms with E-state index in [1.165, 1.54) is 10.7 Å². The fraction of sp³-hybridized carbons (Fsp3) is 0.278. The van der Waals surface area contributed by atoms with E-state index in [0.29, 0.717) is 25.3 Å². The molecule has 1 saturated heterocycles. The van der Waals surface area contributed by atoms with E-state index < -0.39 is 0 Å². The van der Waals surface area contributed by atoms with Gasteiger partial charge in [0.15, 0.2) is 5.69 Å². The molecule has 1 unspecified atom stereocenters. The number of nitrogens with zero attached hydrogens (tertiary/aromatic N) is 5. The lowest BCUT2D eigenvalue weighted by molar-refractivity contribution is 0.0614. The summed E-state index contributed by atoms with van der Waals surface area (Å²) in [6, 6.07) is 7.78. The van der Waals surface area contributed by atoms with Crippen molar-refractivity contribution >= 4 is 18.3 Å². The fourth-order valence-electron chi connectivity index (χ4n) is 3.23. The minimum Gasteiger partial charge on any atom is -0.336 e. The Balaban J connectivity index is 0.00000210. The Labute approximate surface area is 162 Å². The smallest absolute Gasteiger partial charge is 0.275 e. The number of hydrogen-bond acceptors (Lipinski definition) is 4. The highest BCUT2D eigenvalue weighted by molar-refractivity contribution is 5.92. The SMILES string of the molecule is Cl.Cn1ccnc1C1CNCCN1C(=O)c1ccn(-c2ccccc2F)n1. The zero-order valence-electron chi connectivity index (χ0n) is 14.7. The molecule has 2 aromatic heterocycles. The van der Waals surface area contributed by atoms with E-state index >= 15 is 0 Å². The van der Waals surface area contributed by atoms with Crippen molar-refractivity contribution in [1.29, 1.82) is 0 Å². The number of piperazine rings is 1. The van der Waals surface area contributed by atoms with Gasteiger partial charge in [0.25, 0.3) is 5.91 Å². The quantitative estimate of drug-likeness (QED) is 0.742. The number of aromatic nitrogens is 4. The molecule has 1 amide bonds. The molecule has 9 heteroatoms. The molecular weight excluding hydrogens is 371 g/mol. The van der Waals surface area contributed by atoms with E-state index in [0.717, 1.165) is 5.82 Å². The summed E-state index contributed by atoms with van der Waals surface area (Å²) in [4.78, 5) is 19.2. The van der Waals surface area contributed by atoms with Crippen molar-refractivity contribution in [1.82, 2.24) is 29.5 Å². The molecule has 1 aliphatic rings. The van der Waals surface area contributed by atoms with E-state index in [9.17, 15) is 9.18 Å². The van der Waals surface area contributed by atoms with Crippen LogP contribution in [0.1, 0.15) is 22.4 Å². The molecule has 3 heterocycles. The number of carbonyl (C=O) groups excluding carboxylic acids is 1. The molecule has 1 N–H and O–H groups in total. The van der Waals surface area contributed by atoms with Crippen LogP contribution in [0.3, 0.4) is 0 Å². The number of aryl methyl sites for hydroxylation is 1. The third-order valence-electron chi connectivity index (χ3n) is 4.57. The number of halogens is 2. The molecule has 1 fully saturated rings. The predicted octanol–water partition coefficient (Wildman–Crippen LogP) is 1.95. The van der Waals surface area contributed by atoms with Gasteiger partial charge in [-0.2, -0.15) is 5.10 Å². The number of rotatable bonds is 3. The van der Waals surface area contributed by atoms with Gasteiger partial charge in [0.2, 0.25) is 0 Å². The summed E-state index contributed by atoms with van der Waals surface area (Å²) < 4.78 is 17.3. The van der Waals surface area contributed by atoms with Crippen molar-refractivity contribution in [3.8, 4) is 5.69 Å². The van der Waals surface area contributed by atoms with Crippen molar-refractivity contribution in [2.45, 2.75) is 6.04 Å². The number of para-hydroxylation sites is 1. The zero-order chi connectivity index (χ0) is 18.1. The van der Waals surface area contributed by atoms with Crippen LogP contribution in [-0.4, -0.2) is 49.8 Å². The Hall–Kier alpha value is -2.71. The van der Waals surface area contributed by atoms with Gasteiger partial charge in [0.05, 0.1) is 0 Å².